The Bertz CT molecular complexity index is 373. The van der Waals surface area contributed by atoms with E-state index in [1.165, 1.54) is 25.7 Å². The topological polar surface area (TPSA) is 32.7 Å². The molecule has 0 bridgehead atoms. The van der Waals surface area contributed by atoms with Gasteiger partial charge in [0.05, 0.1) is 13.7 Å². The molecule has 1 aliphatic heterocycles. The van der Waals surface area contributed by atoms with E-state index in [0.717, 1.165) is 30.9 Å². The lowest BCUT2D eigenvalue weighted by Crippen LogP contribution is -2.31. The van der Waals surface area contributed by atoms with Crippen LogP contribution in [-0.2, 0) is 0 Å². The van der Waals surface area contributed by atoms with Gasteiger partial charge in [-0.2, -0.15) is 0 Å². The minimum atomic E-state index is 0.147. The average molecular weight is 263 g/mol. The van der Waals surface area contributed by atoms with Crippen molar-refractivity contribution in [1.82, 2.24) is 4.90 Å². The number of rotatable bonds is 5. The molecule has 0 amide bonds. The van der Waals surface area contributed by atoms with Gasteiger partial charge in [-0.25, -0.2) is 0 Å². The molecule has 0 spiro atoms. The van der Waals surface area contributed by atoms with Gasteiger partial charge in [0.2, 0.25) is 0 Å². The number of nitrogens with zero attached hydrogens (tertiary/aromatic N) is 1. The monoisotopic (exact) mass is 263 g/mol. The molecule has 1 heterocycles. The summed E-state index contributed by atoms with van der Waals surface area (Å²) >= 11 is 0. The Labute approximate surface area is 116 Å². The molecule has 1 N–H and O–H groups in total. The first kappa shape index (κ1) is 14.4. The molecule has 1 atom stereocenters. The quantitative estimate of drug-likeness (QED) is 0.886. The molecule has 1 aromatic carbocycles. The first-order valence-electron chi connectivity index (χ1n) is 7.31. The van der Waals surface area contributed by atoms with Crippen LogP contribution < -0.4 is 4.74 Å². The molecule has 0 aliphatic carbocycles. The molecule has 1 unspecified atom stereocenters. The number of hydrogen-bond donors (Lipinski definition) is 1. The molecule has 19 heavy (non-hydrogen) atoms. The number of para-hydroxylation sites is 1. The van der Waals surface area contributed by atoms with Gasteiger partial charge in [0.15, 0.2) is 0 Å². The second-order valence-electron chi connectivity index (χ2n) is 5.34. The predicted octanol–water partition coefficient (Wildman–Crippen LogP) is 2.65. The third-order valence-corrected chi connectivity index (χ3v) is 3.98. The molecular weight excluding hydrogens is 238 g/mol. The van der Waals surface area contributed by atoms with Crippen molar-refractivity contribution < 1.29 is 9.84 Å². The maximum absolute atomic E-state index is 9.72. The van der Waals surface area contributed by atoms with Gasteiger partial charge in [-0.1, -0.05) is 31.0 Å². The van der Waals surface area contributed by atoms with Gasteiger partial charge in [-0.15, -0.1) is 0 Å². The Morgan fingerprint density at radius 3 is 2.47 bits per heavy atom. The van der Waals surface area contributed by atoms with Crippen LogP contribution in [0.2, 0.25) is 0 Å². The van der Waals surface area contributed by atoms with Gasteiger partial charge in [-0.3, -0.25) is 0 Å². The van der Waals surface area contributed by atoms with Gasteiger partial charge >= 0.3 is 0 Å². The molecule has 1 aliphatic rings. The zero-order valence-electron chi connectivity index (χ0n) is 11.8. The van der Waals surface area contributed by atoms with Gasteiger partial charge in [0.25, 0.3) is 0 Å². The van der Waals surface area contributed by atoms with E-state index in [9.17, 15) is 5.11 Å². The van der Waals surface area contributed by atoms with E-state index in [0.29, 0.717) is 0 Å². The molecule has 1 fully saturated rings. The van der Waals surface area contributed by atoms with Crippen LogP contribution in [0.5, 0.6) is 5.75 Å². The molecule has 3 nitrogen and oxygen atoms in total. The largest absolute Gasteiger partial charge is 0.496 e. The van der Waals surface area contributed by atoms with Crippen molar-refractivity contribution in [2.24, 2.45) is 0 Å². The van der Waals surface area contributed by atoms with E-state index in [4.69, 9.17) is 4.74 Å². The number of benzene rings is 1. The molecule has 1 aromatic rings. The Kier molecular flexibility index (Phi) is 5.67. The molecular formula is C16H25NO2. The van der Waals surface area contributed by atoms with E-state index in [-0.39, 0.29) is 12.5 Å². The summed E-state index contributed by atoms with van der Waals surface area (Å²) in [4.78, 5) is 2.49. The van der Waals surface area contributed by atoms with Crippen molar-refractivity contribution in [3.8, 4) is 5.75 Å². The fourth-order valence-corrected chi connectivity index (χ4v) is 2.89. The molecule has 3 heteroatoms. The smallest absolute Gasteiger partial charge is 0.122 e. The number of likely N-dealkylation sites (tertiary alicyclic amines) is 1. The van der Waals surface area contributed by atoms with Crippen LogP contribution in [0.1, 0.15) is 37.2 Å². The first-order chi connectivity index (χ1) is 9.35. The third-order valence-electron chi connectivity index (χ3n) is 3.98. The average Bonchev–Trinajstić information content (AvgIpc) is 2.73. The standard InChI is InChI=1S/C16H25NO2/c1-19-16-9-5-4-8-15(16)14(13-18)12-17-10-6-2-3-7-11-17/h4-5,8-9,14,18H,2-3,6-7,10-13H2,1H3. The van der Waals surface area contributed by atoms with Crippen LogP contribution in [-0.4, -0.2) is 43.4 Å². The van der Waals surface area contributed by atoms with E-state index in [1.54, 1.807) is 7.11 Å². The Morgan fingerprint density at radius 1 is 1.16 bits per heavy atom. The summed E-state index contributed by atoms with van der Waals surface area (Å²) in [5, 5.41) is 9.72. The number of aliphatic hydroxyl groups is 1. The van der Waals surface area contributed by atoms with Gasteiger partial charge in [0.1, 0.15) is 5.75 Å². The molecule has 0 radical (unpaired) electrons. The second-order valence-corrected chi connectivity index (χ2v) is 5.34. The molecule has 1 saturated heterocycles. The van der Waals surface area contributed by atoms with Gasteiger partial charge in [-0.05, 0) is 32.0 Å². The zero-order chi connectivity index (χ0) is 13.5. The van der Waals surface area contributed by atoms with Crippen LogP contribution in [0, 0.1) is 0 Å². The minimum absolute atomic E-state index is 0.147. The van der Waals surface area contributed by atoms with Crippen LogP contribution >= 0.6 is 0 Å². The second kappa shape index (κ2) is 7.51. The minimum Gasteiger partial charge on any atom is -0.496 e. The molecule has 0 saturated carbocycles. The van der Waals surface area contributed by atoms with Crippen molar-refractivity contribution >= 4 is 0 Å². The number of methoxy groups -OCH3 is 1. The molecule has 2 rings (SSSR count). The summed E-state index contributed by atoms with van der Waals surface area (Å²) in [6, 6.07) is 8.03. The van der Waals surface area contributed by atoms with E-state index >= 15 is 0 Å². The van der Waals surface area contributed by atoms with E-state index in [1.807, 2.05) is 18.2 Å². The fourth-order valence-electron chi connectivity index (χ4n) is 2.89. The van der Waals surface area contributed by atoms with Crippen molar-refractivity contribution in [3.63, 3.8) is 0 Å². The summed E-state index contributed by atoms with van der Waals surface area (Å²) in [5.74, 6) is 1.03. The van der Waals surface area contributed by atoms with E-state index < -0.39 is 0 Å². The lowest BCUT2D eigenvalue weighted by molar-refractivity contribution is 0.201. The molecule has 0 aromatic heterocycles. The summed E-state index contributed by atoms with van der Waals surface area (Å²) in [7, 11) is 1.69. The highest BCUT2D eigenvalue weighted by atomic mass is 16.5. The summed E-state index contributed by atoms with van der Waals surface area (Å²) in [5.41, 5.74) is 1.12. The summed E-state index contributed by atoms with van der Waals surface area (Å²) in [6.45, 7) is 3.42. The van der Waals surface area contributed by atoms with Gasteiger partial charge < -0.3 is 14.7 Å². The highest BCUT2D eigenvalue weighted by molar-refractivity contribution is 5.36. The maximum atomic E-state index is 9.72. The Morgan fingerprint density at radius 2 is 1.84 bits per heavy atom. The van der Waals surface area contributed by atoms with Crippen molar-refractivity contribution in [3.05, 3.63) is 29.8 Å². The first-order valence-corrected chi connectivity index (χ1v) is 7.31. The number of aliphatic hydroxyl groups excluding tert-OH is 1. The Hall–Kier alpha value is -1.06. The predicted molar refractivity (Wildman–Crippen MR) is 77.7 cm³/mol. The zero-order valence-corrected chi connectivity index (χ0v) is 11.8. The lowest BCUT2D eigenvalue weighted by atomic mass is 9.98. The molecule has 106 valence electrons. The van der Waals surface area contributed by atoms with Crippen molar-refractivity contribution in [2.75, 3.05) is 33.4 Å². The number of hydrogen-bond acceptors (Lipinski definition) is 3. The highest BCUT2D eigenvalue weighted by Crippen LogP contribution is 2.27. The fraction of sp³-hybridized carbons (Fsp3) is 0.625. The van der Waals surface area contributed by atoms with E-state index in [2.05, 4.69) is 11.0 Å². The third kappa shape index (κ3) is 3.95. The van der Waals surface area contributed by atoms with Crippen molar-refractivity contribution in [2.45, 2.75) is 31.6 Å². The number of ether oxygens (including phenoxy) is 1. The maximum Gasteiger partial charge on any atom is 0.122 e. The lowest BCUT2D eigenvalue weighted by Gasteiger charge is -2.26. The SMILES string of the molecule is COc1ccccc1C(CO)CN1CCCCCC1. The highest BCUT2D eigenvalue weighted by Gasteiger charge is 2.19. The summed E-state index contributed by atoms with van der Waals surface area (Å²) < 4.78 is 5.41. The van der Waals surface area contributed by atoms with Crippen LogP contribution in [0.4, 0.5) is 0 Å². The summed E-state index contributed by atoms with van der Waals surface area (Å²) in [6.07, 6.45) is 5.25. The van der Waals surface area contributed by atoms with Crippen LogP contribution in [0.3, 0.4) is 0 Å². The van der Waals surface area contributed by atoms with Gasteiger partial charge in [0, 0.05) is 18.0 Å². The van der Waals surface area contributed by atoms with Crippen LogP contribution in [0.15, 0.2) is 24.3 Å². The normalized spacial score (nSPS) is 18.8. The Balaban J connectivity index is 2.06. The van der Waals surface area contributed by atoms with Crippen LogP contribution in [0.25, 0.3) is 0 Å². The van der Waals surface area contributed by atoms with Crippen molar-refractivity contribution in [1.29, 1.82) is 0 Å².